The Morgan fingerprint density at radius 2 is 2.00 bits per heavy atom. The van der Waals surface area contributed by atoms with Crippen LogP contribution in [0.25, 0.3) is 0 Å². The van der Waals surface area contributed by atoms with Gasteiger partial charge in [0.15, 0.2) is 0 Å². The Morgan fingerprint density at radius 1 is 1.21 bits per heavy atom. The van der Waals surface area contributed by atoms with E-state index in [0.717, 1.165) is 68.8 Å². The van der Waals surface area contributed by atoms with Crippen LogP contribution in [0.15, 0.2) is 41.8 Å². The summed E-state index contributed by atoms with van der Waals surface area (Å²) in [5.41, 5.74) is 1.48. The molecule has 0 radical (unpaired) electrons. The Hall–Kier alpha value is -2.38. The van der Waals surface area contributed by atoms with Gasteiger partial charge in [0.2, 0.25) is 5.91 Å². The fraction of sp³-hybridized carbons (Fsp3) is 0.524. The van der Waals surface area contributed by atoms with Gasteiger partial charge in [-0.2, -0.15) is 0 Å². The highest BCUT2D eigenvalue weighted by molar-refractivity contribution is 6.17. The van der Waals surface area contributed by atoms with Crippen LogP contribution in [-0.4, -0.2) is 58.9 Å². The minimum absolute atomic E-state index is 0.120. The third-order valence-corrected chi connectivity index (χ3v) is 6.72. The molecule has 1 aromatic rings. The molecule has 1 aromatic heterocycles. The van der Waals surface area contributed by atoms with Gasteiger partial charge in [-0.05, 0) is 30.9 Å². The second kappa shape index (κ2) is 6.90. The van der Waals surface area contributed by atoms with Crippen molar-refractivity contribution in [2.45, 2.75) is 31.7 Å². The summed E-state index contributed by atoms with van der Waals surface area (Å²) in [6.45, 7) is 3.85. The number of fused-ring (bicyclic) bond motifs is 4. The summed E-state index contributed by atoms with van der Waals surface area (Å²) in [4.78, 5) is 36.2. The monoisotopic (exact) mass is 379 g/mol. The van der Waals surface area contributed by atoms with Crippen molar-refractivity contribution in [1.82, 2.24) is 25.5 Å². The standard InChI is InChI=1S/C21H25N5O2/c27-19-17-14-5-6-21(13-14,18(17)20(28)25-19)15(26-11-9-22-10-12-26)3-1-4-16-23-7-2-8-24-16/h2,5-8,15,18,22H,1,3-4,9-13H2,(H,25,27,28). The van der Waals surface area contributed by atoms with E-state index in [0.29, 0.717) is 0 Å². The zero-order valence-electron chi connectivity index (χ0n) is 15.9. The number of rotatable bonds is 6. The van der Waals surface area contributed by atoms with Gasteiger partial charge < -0.3 is 5.32 Å². The number of piperazine rings is 1. The van der Waals surface area contributed by atoms with Gasteiger partial charge >= 0.3 is 0 Å². The topological polar surface area (TPSA) is 87.2 Å². The number of carbonyl (C=O) groups is 2. The Kier molecular flexibility index (Phi) is 4.36. The van der Waals surface area contributed by atoms with Crippen LogP contribution in [0.3, 0.4) is 0 Å². The molecule has 146 valence electrons. The average molecular weight is 379 g/mol. The highest BCUT2D eigenvalue weighted by atomic mass is 16.2. The maximum absolute atomic E-state index is 12.7. The first-order chi connectivity index (χ1) is 13.7. The van der Waals surface area contributed by atoms with Crippen molar-refractivity contribution in [3.8, 4) is 0 Å². The predicted octanol–water partition coefficient (Wildman–Crippen LogP) is 0.602. The molecule has 2 N–H and O–H groups in total. The lowest BCUT2D eigenvalue weighted by Gasteiger charge is -2.46. The van der Waals surface area contributed by atoms with Gasteiger partial charge in [0.05, 0.1) is 5.92 Å². The molecule has 2 aliphatic carbocycles. The number of amides is 2. The maximum atomic E-state index is 12.7. The molecule has 28 heavy (non-hydrogen) atoms. The largest absolute Gasteiger partial charge is 0.314 e. The highest BCUT2D eigenvalue weighted by Gasteiger charge is 2.61. The minimum Gasteiger partial charge on any atom is -0.314 e. The fourth-order valence-corrected chi connectivity index (χ4v) is 5.56. The molecule has 2 amide bonds. The Labute approximate surface area is 164 Å². The fourth-order valence-electron chi connectivity index (χ4n) is 5.56. The van der Waals surface area contributed by atoms with Gasteiger partial charge in [0, 0.05) is 62.0 Å². The zero-order valence-corrected chi connectivity index (χ0v) is 15.9. The van der Waals surface area contributed by atoms with Crippen LogP contribution in [0, 0.1) is 11.3 Å². The molecule has 4 aliphatic rings. The van der Waals surface area contributed by atoms with E-state index in [1.807, 2.05) is 6.07 Å². The average Bonchev–Trinajstić information content (AvgIpc) is 3.38. The lowest BCUT2D eigenvalue weighted by atomic mass is 9.68. The van der Waals surface area contributed by atoms with Crippen LogP contribution in [0.1, 0.15) is 25.1 Å². The third kappa shape index (κ3) is 2.72. The quantitative estimate of drug-likeness (QED) is 0.704. The molecule has 3 unspecified atom stereocenters. The molecule has 5 rings (SSSR count). The first kappa shape index (κ1) is 17.7. The summed E-state index contributed by atoms with van der Waals surface area (Å²) >= 11 is 0. The number of nitrogens with one attached hydrogen (secondary N) is 2. The molecule has 2 bridgehead atoms. The lowest BCUT2D eigenvalue weighted by Crippen LogP contribution is -2.56. The van der Waals surface area contributed by atoms with Crippen molar-refractivity contribution < 1.29 is 9.59 Å². The molecule has 3 heterocycles. The van der Waals surface area contributed by atoms with Crippen LogP contribution in [0.4, 0.5) is 0 Å². The van der Waals surface area contributed by atoms with Gasteiger partial charge in [0.25, 0.3) is 5.91 Å². The highest BCUT2D eigenvalue weighted by Crippen LogP contribution is 2.58. The summed E-state index contributed by atoms with van der Waals surface area (Å²) in [5.74, 6) is 0.229. The number of imide groups is 1. The molecule has 0 spiro atoms. The number of nitrogens with zero attached hydrogens (tertiary/aromatic N) is 3. The van der Waals surface area contributed by atoms with E-state index in [2.05, 4.69) is 37.7 Å². The van der Waals surface area contributed by atoms with E-state index in [4.69, 9.17) is 0 Å². The molecule has 3 atom stereocenters. The molecule has 7 heteroatoms. The minimum atomic E-state index is -0.326. The van der Waals surface area contributed by atoms with E-state index in [-0.39, 0.29) is 29.2 Å². The van der Waals surface area contributed by atoms with Gasteiger partial charge in [-0.1, -0.05) is 12.2 Å². The first-order valence-corrected chi connectivity index (χ1v) is 10.2. The smallest absolute Gasteiger partial charge is 0.254 e. The van der Waals surface area contributed by atoms with Gasteiger partial charge in [0.1, 0.15) is 5.82 Å². The summed E-state index contributed by atoms with van der Waals surface area (Å²) in [6.07, 6.45) is 11.4. The number of hydrogen-bond donors (Lipinski definition) is 2. The summed E-state index contributed by atoms with van der Waals surface area (Å²) in [7, 11) is 0. The van der Waals surface area contributed by atoms with Crippen molar-refractivity contribution in [3.63, 3.8) is 0 Å². The van der Waals surface area contributed by atoms with Gasteiger partial charge in [-0.3, -0.25) is 19.8 Å². The number of hydrogen-bond acceptors (Lipinski definition) is 6. The Balaban J connectivity index is 1.41. The van der Waals surface area contributed by atoms with Crippen molar-refractivity contribution in [2.75, 3.05) is 26.2 Å². The van der Waals surface area contributed by atoms with E-state index in [9.17, 15) is 9.59 Å². The molecular formula is C21H25N5O2. The Morgan fingerprint density at radius 3 is 2.79 bits per heavy atom. The van der Waals surface area contributed by atoms with Crippen molar-refractivity contribution >= 4 is 11.8 Å². The van der Waals surface area contributed by atoms with E-state index < -0.39 is 0 Å². The number of allylic oxidation sites excluding steroid dienone is 2. The van der Waals surface area contributed by atoms with Crippen LogP contribution in [-0.2, 0) is 16.0 Å². The molecule has 0 saturated carbocycles. The second-order valence-corrected chi connectivity index (χ2v) is 8.17. The van der Waals surface area contributed by atoms with E-state index >= 15 is 0 Å². The van der Waals surface area contributed by atoms with Crippen LogP contribution < -0.4 is 10.6 Å². The maximum Gasteiger partial charge on any atom is 0.254 e. The van der Waals surface area contributed by atoms with Crippen molar-refractivity contribution in [2.24, 2.45) is 11.3 Å². The van der Waals surface area contributed by atoms with Crippen LogP contribution in [0.2, 0.25) is 0 Å². The SMILES string of the molecule is O=C1NC(=O)C2C1=C1C=CC2(C(CCCc2ncccn2)N2CCNCC2)C1. The normalized spacial score (nSPS) is 30.1. The second-order valence-electron chi connectivity index (χ2n) is 8.17. The van der Waals surface area contributed by atoms with Crippen LogP contribution >= 0.6 is 0 Å². The van der Waals surface area contributed by atoms with E-state index in [1.165, 1.54) is 0 Å². The molecule has 7 nitrogen and oxygen atoms in total. The summed E-state index contributed by atoms with van der Waals surface area (Å²) in [6, 6.07) is 2.06. The molecular weight excluding hydrogens is 354 g/mol. The lowest BCUT2D eigenvalue weighted by molar-refractivity contribution is -0.128. The van der Waals surface area contributed by atoms with Crippen molar-refractivity contribution in [1.29, 1.82) is 0 Å². The van der Waals surface area contributed by atoms with Gasteiger partial charge in [-0.15, -0.1) is 0 Å². The third-order valence-electron chi connectivity index (χ3n) is 6.72. The molecule has 0 aromatic carbocycles. The van der Waals surface area contributed by atoms with Gasteiger partial charge in [-0.25, -0.2) is 9.97 Å². The number of aromatic nitrogens is 2. The molecule has 2 aliphatic heterocycles. The molecule has 2 fully saturated rings. The van der Waals surface area contributed by atoms with Crippen LogP contribution in [0.5, 0.6) is 0 Å². The predicted molar refractivity (Wildman–Crippen MR) is 103 cm³/mol. The molecule has 2 saturated heterocycles. The van der Waals surface area contributed by atoms with E-state index in [1.54, 1.807) is 12.4 Å². The van der Waals surface area contributed by atoms with Crippen molar-refractivity contribution in [3.05, 3.63) is 47.6 Å². The number of aryl methyl sites for hydroxylation is 1. The number of carbonyl (C=O) groups excluding carboxylic acids is 2. The zero-order chi connectivity index (χ0) is 19.1. The Bertz CT molecular complexity index is 859. The summed E-state index contributed by atoms with van der Waals surface area (Å²) < 4.78 is 0. The summed E-state index contributed by atoms with van der Waals surface area (Å²) in [5, 5.41) is 5.98. The first-order valence-electron chi connectivity index (χ1n) is 10.2.